The molecule has 2 aliphatic heterocycles. The van der Waals surface area contributed by atoms with E-state index in [1.807, 2.05) is 18.3 Å². The van der Waals surface area contributed by atoms with E-state index in [9.17, 15) is 18.1 Å². The van der Waals surface area contributed by atoms with Crippen molar-refractivity contribution in [1.29, 1.82) is 5.26 Å². The number of nitrogens with zero attached hydrogens (tertiary/aromatic N) is 5. The summed E-state index contributed by atoms with van der Waals surface area (Å²) < 4.78 is 39.2. The predicted octanol–water partition coefficient (Wildman–Crippen LogP) is 7.41. The molecule has 0 saturated carbocycles. The fourth-order valence-corrected chi connectivity index (χ4v) is 7.13. The predicted molar refractivity (Wildman–Crippen MR) is 209 cm³/mol. The summed E-state index contributed by atoms with van der Waals surface area (Å²) in [6.45, 7) is 14.8. The van der Waals surface area contributed by atoms with Crippen LogP contribution in [0.5, 0.6) is 0 Å². The van der Waals surface area contributed by atoms with E-state index in [1.165, 1.54) is 35.7 Å². The van der Waals surface area contributed by atoms with Gasteiger partial charge < -0.3 is 16.1 Å². The number of pyridine rings is 1. The van der Waals surface area contributed by atoms with Gasteiger partial charge in [0.05, 0.1) is 44.8 Å². The number of hydrogen-bond donors (Lipinski definition) is 4. The first-order valence-corrected chi connectivity index (χ1v) is 19.3. The molecule has 3 aromatic rings. The number of halogens is 3. The number of allylic oxidation sites excluding steroid dienone is 3. The van der Waals surface area contributed by atoms with Crippen LogP contribution in [0.3, 0.4) is 0 Å². The Labute approximate surface area is 315 Å². The first-order chi connectivity index (χ1) is 24.5. The molecule has 0 amide bonds. The highest BCUT2D eigenvalue weighted by Gasteiger charge is 2.32. The highest BCUT2D eigenvalue weighted by atomic mass is 35.5. The number of rotatable bonds is 11. The van der Waals surface area contributed by atoms with Gasteiger partial charge in [-0.1, -0.05) is 41.9 Å². The van der Waals surface area contributed by atoms with Gasteiger partial charge in [-0.25, -0.2) is 12.8 Å². The molecular formula is C37H44Cl2FN9O2S. The zero-order valence-electron chi connectivity index (χ0n) is 30.1. The molecule has 3 heterocycles. The number of hydrogen-bond acceptors (Lipinski definition) is 10. The SMILES string of the molecule is C=C(/C=C\C=C(/C)N(C)S(C)(=O)=O)[C@H](Nc1cc(Cl)c2ncc(C#N)c(Nc3ccc(F)c(Cl)c3)c2c1)C1=CN(C2CCN(C(C)(C)C)CC2)NN1. The van der Waals surface area contributed by atoms with Crippen LogP contribution in [-0.4, -0.2) is 71.6 Å². The summed E-state index contributed by atoms with van der Waals surface area (Å²) in [5.74, 6) is -0.562. The van der Waals surface area contributed by atoms with Crippen LogP contribution in [0, 0.1) is 17.1 Å². The lowest BCUT2D eigenvalue weighted by molar-refractivity contribution is 0.0570. The molecule has 0 unspecified atom stereocenters. The molecule has 1 atom stereocenters. The molecule has 15 heteroatoms. The van der Waals surface area contributed by atoms with Crippen molar-refractivity contribution in [3.63, 3.8) is 0 Å². The van der Waals surface area contributed by atoms with Crippen LogP contribution in [0.25, 0.3) is 10.9 Å². The van der Waals surface area contributed by atoms with Crippen LogP contribution in [-0.2, 0) is 10.0 Å². The fourth-order valence-electron chi connectivity index (χ4n) is 6.09. The highest BCUT2D eigenvalue weighted by molar-refractivity contribution is 7.88. The van der Waals surface area contributed by atoms with Gasteiger partial charge in [0.25, 0.3) is 0 Å². The van der Waals surface area contributed by atoms with E-state index in [0.29, 0.717) is 44.3 Å². The lowest BCUT2D eigenvalue weighted by Gasteiger charge is -2.42. The van der Waals surface area contributed by atoms with Crippen molar-refractivity contribution in [2.75, 3.05) is 37.0 Å². The standard InChI is InChI=1S/C37H44Cl2FN9O2S/c1-23(9-8-10-24(2)47(6)52(7,50)51)34(33-22-49(46-45-33)28-13-15-48(16-14-28)37(3,4)5)44-27-17-29-35(43-26-11-12-32(40)30(38)18-26)25(20-41)21-42-36(29)31(39)19-27/h8-12,17-19,21-22,28,34,44-46H,1,13-16H2,2-7H3,(H,42,43)/b9-8-,24-10+/t34-/m0/s1. The van der Waals surface area contributed by atoms with Crippen molar-refractivity contribution >= 4 is 61.2 Å². The summed E-state index contributed by atoms with van der Waals surface area (Å²) in [6.07, 6.45) is 11.9. The first kappa shape index (κ1) is 38.9. The van der Waals surface area contributed by atoms with Crippen LogP contribution in [0.1, 0.15) is 46.1 Å². The van der Waals surface area contributed by atoms with Crippen molar-refractivity contribution in [3.05, 3.63) is 106 Å². The van der Waals surface area contributed by atoms with Gasteiger partial charge in [-0.3, -0.25) is 19.2 Å². The monoisotopic (exact) mass is 767 g/mol. The Kier molecular flexibility index (Phi) is 11.8. The number of hydrazine groups is 2. The van der Waals surface area contributed by atoms with Gasteiger partial charge in [0, 0.05) is 66.6 Å². The largest absolute Gasteiger partial charge is 0.373 e. The molecule has 1 saturated heterocycles. The quantitative estimate of drug-likeness (QED) is 0.147. The zero-order chi connectivity index (χ0) is 38.0. The third kappa shape index (κ3) is 9.00. The number of piperidine rings is 1. The minimum atomic E-state index is -3.41. The molecule has 2 aromatic carbocycles. The summed E-state index contributed by atoms with van der Waals surface area (Å²) in [5.41, 5.74) is 11.0. The number of nitriles is 1. The van der Waals surface area contributed by atoms with Crippen molar-refractivity contribution < 1.29 is 12.8 Å². The number of anilines is 3. The number of likely N-dealkylation sites (tertiary alicyclic amines) is 1. The molecule has 4 N–H and O–H groups in total. The molecule has 11 nitrogen and oxygen atoms in total. The van der Waals surface area contributed by atoms with Gasteiger partial charge in [-0.15, -0.1) is 5.53 Å². The van der Waals surface area contributed by atoms with E-state index in [0.717, 1.165) is 37.9 Å². The summed E-state index contributed by atoms with van der Waals surface area (Å²) in [6, 6.07) is 9.73. The Hall–Kier alpha value is -4.32. The minimum absolute atomic E-state index is 0.0654. The van der Waals surface area contributed by atoms with Crippen molar-refractivity contribution in [3.8, 4) is 6.07 Å². The van der Waals surface area contributed by atoms with Crippen LogP contribution >= 0.6 is 23.2 Å². The van der Waals surface area contributed by atoms with Crippen molar-refractivity contribution in [2.24, 2.45) is 0 Å². The molecule has 2 aliphatic rings. The number of fused-ring (bicyclic) bond motifs is 1. The second-order valence-corrected chi connectivity index (χ2v) is 16.8. The van der Waals surface area contributed by atoms with E-state index >= 15 is 0 Å². The van der Waals surface area contributed by atoms with E-state index in [2.05, 4.69) is 69.9 Å². The average Bonchev–Trinajstić information content (AvgIpc) is 3.58. The third-order valence-corrected chi connectivity index (χ3v) is 11.1. The molecule has 276 valence electrons. The highest BCUT2D eigenvalue weighted by Crippen LogP contribution is 2.36. The Balaban J connectivity index is 1.50. The Morgan fingerprint density at radius 3 is 2.52 bits per heavy atom. The van der Waals surface area contributed by atoms with Gasteiger partial charge in [-0.2, -0.15) is 5.26 Å². The minimum Gasteiger partial charge on any atom is -0.373 e. The number of benzene rings is 2. The summed E-state index contributed by atoms with van der Waals surface area (Å²) >= 11 is 12.9. The normalized spacial score (nSPS) is 16.8. The van der Waals surface area contributed by atoms with E-state index < -0.39 is 21.9 Å². The van der Waals surface area contributed by atoms with Gasteiger partial charge >= 0.3 is 0 Å². The smallest absolute Gasteiger partial charge is 0.231 e. The number of nitrogens with one attached hydrogen (secondary N) is 4. The summed E-state index contributed by atoms with van der Waals surface area (Å²) in [4.78, 5) is 6.95. The van der Waals surface area contributed by atoms with Crippen LogP contribution in [0.2, 0.25) is 10.0 Å². The second kappa shape index (κ2) is 15.7. The maximum Gasteiger partial charge on any atom is 0.231 e. The molecule has 0 aliphatic carbocycles. The third-order valence-electron chi connectivity index (χ3n) is 9.28. The van der Waals surface area contributed by atoms with Gasteiger partial charge in [0.2, 0.25) is 10.0 Å². The Morgan fingerprint density at radius 1 is 1.19 bits per heavy atom. The van der Waals surface area contributed by atoms with Gasteiger partial charge in [0.1, 0.15) is 11.9 Å². The average molecular weight is 769 g/mol. The lowest BCUT2D eigenvalue weighted by Crippen LogP contribution is -2.52. The van der Waals surface area contributed by atoms with Gasteiger partial charge in [0.15, 0.2) is 0 Å². The van der Waals surface area contributed by atoms with E-state index in [1.54, 1.807) is 25.1 Å². The summed E-state index contributed by atoms with van der Waals surface area (Å²) in [5, 5.41) is 19.7. The van der Waals surface area contributed by atoms with Crippen LogP contribution in [0.15, 0.2) is 84.5 Å². The topological polar surface area (TPSA) is 129 Å². The first-order valence-electron chi connectivity index (χ1n) is 16.7. The molecule has 1 fully saturated rings. The Bertz CT molecular complexity index is 2100. The lowest BCUT2D eigenvalue weighted by atomic mass is 9.98. The maximum absolute atomic E-state index is 13.9. The zero-order valence-corrected chi connectivity index (χ0v) is 32.4. The van der Waals surface area contributed by atoms with Gasteiger partial charge in [-0.05, 0) is 82.5 Å². The van der Waals surface area contributed by atoms with E-state index in [-0.39, 0.29) is 22.2 Å². The molecule has 1 aromatic heterocycles. The van der Waals surface area contributed by atoms with Crippen LogP contribution < -0.4 is 21.6 Å². The van der Waals surface area contributed by atoms with Crippen molar-refractivity contribution in [1.82, 2.24) is 30.2 Å². The van der Waals surface area contributed by atoms with Crippen LogP contribution in [0.4, 0.5) is 21.5 Å². The molecule has 0 spiro atoms. The molecule has 52 heavy (non-hydrogen) atoms. The Morgan fingerprint density at radius 2 is 1.88 bits per heavy atom. The molecular weight excluding hydrogens is 724 g/mol. The molecule has 0 bridgehead atoms. The number of sulfonamides is 1. The number of aromatic nitrogens is 1. The van der Waals surface area contributed by atoms with E-state index in [4.69, 9.17) is 23.2 Å². The molecule has 5 rings (SSSR count). The fraction of sp³-hybridized carbons (Fsp3) is 0.351. The summed E-state index contributed by atoms with van der Waals surface area (Å²) in [7, 11) is -1.91. The second-order valence-electron chi connectivity index (χ2n) is 13.9. The van der Waals surface area contributed by atoms with Crippen molar-refractivity contribution in [2.45, 2.75) is 58.2 Å². The molecule has 0 radical (unpaired) electrons. The maximum atomic E-state index is 13.9.